The maximum atomic E-state index is 6.50. The third kappa shape index (κ3) is 1.36. The van der Waals surface area contributed by atoms with Crippen molar-refractivity contribution < 1.29 is 0 Å². The maximum absolute atomic E-state index is 6.50. The second-order valence-electron chi connectivity index (χ2n) is 1.92. The van der Waals surface area contributed by atoms with Crippen LogP contribution in [0.1, 0.15) is 0 Å². The lowest BCUT2D eigenvalue weighted by Crippen LogP contribution is -1.63. The van der Waals surface area contributed by atoms with Crippen molar-refractivity contribution in [2.45, 2.75) is 0 Å². The molecule has 1 aromatic heterocycles. The van der Waals surface area contributed by atoms with Crippen molar-refractivity contribution in [3.63, 3.8) is 0 Å². The number of aromatic amines is 1. The van der Waals surface area contributed by atoms with Crippen molar-refractivity contribution in [3.05, 3.63) is 30.6 Å². The molecule has 2 aromatic rings. The fraction of sp³-hybridized carbons (Fsp3) is 0. The Labute approximate surface area is 64.3 Å². The Kier molecular flexibility index (Phi) is 2.24. The lowest BCUT2D eigenvalue weighted by Gasteiger charge is -1.81. The molecule has 11 heavy (non-hydrogen) atoms. The lowest BCUT2D eigenvalue weighted by molar-refractivity contribution is 1.34. The van der Waals surface area contributed by atoms with Gasteiger partial charge >= 0.3 is 0 Å². The SMILES string of the molecule is C#N.c1ccc2[nH]cnc2c1. The zero-order chi connectivity index (χ0) is 8.10. The largest absolute Gasteiger partial charge is 0.345 e. The first-order valence-electron chi connectivity index (χ1n) is 3.11. The first kappa shape index (κ1) is 7.29. The fourth-order valence-electron chi connectivity index (χ4n) is 0.880. The minimum absolute atomic E-state index is 1.03. The summed E-state index contributed by atoms with van der Waals surface area (Å²) >= 11 is 0. The summed E-state index contributed by atoms with van der Waals surface area (Å²) < 4.78 is 0. The van der Waals surface area contributed by atoms with Crippen molar-refractivity contribution in [3.8, 4) is 6.57 Å². The maximum Gasteiger partial charge on any atom is 0.0931 e. The number of imidazole rings is 1. The molecule has 1 aromatic carbocycles. The van der Waals surface area contributed by atoms with E-state index < -0.39 is 0 Å². The molecular weight excluding hydrogens is 138 g/mol. The summed E-state index contributed by atoms with van der Waals surface area (Å²) in [6.07, 6.45) is 1.70. The van der Waals surface area contributed by atoms with Crippen LogP contribution in [0.5, 0.6) is 0 Å². The Bertz CT molecular complexity index is 318. The number of aromatic nitrogens is 2. The molecule has 54 valence electrons. The molecule has 3 nitrogen and oxygen atoms in total. The quantitative estimate of drug-likeness (QED) is 0.613. The minimum Gasteiger partial charge on any atom is -0.345 e. The zero-order valence-electron chi connectivity index (χ0n) is 5.86. The van der Waals surface area contributed by atoms with Crippen LogP contribution in [0.3, 0.4) is 0 Å². The van der Waals surface area contributed by atoms with Gasteiger partial charge in [-0.1, -0.05) is 12.1 Å². The summed E-state index contributed by atoms with van der Waals surface area (Å²) in [6.45, 7) is 3.50. The highest BCUT2D eigenvalue weighted by atomic mass is 14.9. The van der Waals surface area contributed by atoms with E-state index >= 15 is 0 Å². The Hall–Kier alpha value is -1.82. The van der Waals surface area contributed by atoms with Gasteiger partial charge in [-0.2, -0.15) is 0 Å². The molecule has 1 N–H and O–H groups in total. The number of hydrogen-bond acceptors (Lipinski definition) is 2. The molecule has 0 unspecified atom stereocenters. The molecule has 0 aliphatic rings. The highest BCUT2D eigenvalue weighted by Crippen LogP contribution is 2.05. The topological polar surface area (TPSA) is 52.5 Å². The van der Waals surface area contributed by atoms with Gasteiger partial charge in [0.2, 0.25) is 0 Å². The Morgan fingerprint density at radius 1 is 1.27 bits per heavy atom. The van der Waals surface area contributed by atoms with Crippen LogP contribution in [-0.4, -0.2) is 9.97 Å². The van der Waals surface area contributed by atoms with Crippen molar-refractivity contribution in [1.29, 1.82) is 5.26 Å². The summed E-state index contributed by atoms with van der Waals surface area (Å²) in [5.74, 6) is 0. The van der Waals surface area contributed by atoms with Crippen LogP contribution in [0, 0.1) is 11.8 Å². The monoisotopic (exact) mass is 145 g/mol. The van der Waals surface area contributed by atoms with Gasteiger partial charge < -0.3 is 4.98 Å². The summed E-state index contributed by atoms with van der Waals surface area (Å²) in [5, 5.41) is 6.50. The third-order valence-corrected chi connectivity index (χ3v) is 1.33. The molecule has 3 heteroatoms. The van der Waals surface area contributed by atoms with Crippen molar-refractivity contribution >= 4 is 11.0 Å². The van der Waals surface area contributed by atoms with E-state index in [1.165, 1.54) is 0 Å². The van der Waals surface area contributed by atoms with E-state index in [0.717, 1.165) is 11.0 Å². The van der Waals surface area contributed by atoms with Gasteiger partial charge in [-0.05, 0) is 12.1 Å². The second-order valence-corrected chi connectivity index (χ2v) is 1.92. The molecule has 0 fully saturated rings. The van der Waals surface area contributed by atoms with Gasteiger partial charge in [0.15, 0.2) is 0 Å². The smallest absolute Gasteiger partial charge is 0.0931 e. The molecule has 0 radical (unpaired) electrons. The van der Waals surface area contributed by atoms with Crippen molar-refractivity contribution in [1.82, 2.24) is 9.97 Å². The minimum atomic E-state index is 1.03. The molecule has 0 aliphatic carbocycles. The standard InChI is InChI=1S/C7H6N2.CHN/c1-2-4-7-6(3-1)8-5-9-7;1-2/h1-5H,(H,8,9);1H. The third-order valence-electron chi connectivity index (χ3n) is 1.33. The Morgan fingerprint density at radius 3 is 2.73 bits per heavy atom. The van der Waals surface area contributed by atoms with Gasteiger partial charge in [0.25, 0.3) is 0 Å². The normalized spacial score (nSPS) is 8.55. The molecule has 0 atom stereocenters. The first-order valence-corrected chi connectivity index (χ1v) is 3.11. The average molecular weight is 145 g/mol. The van der Waals surface area contributed by atoms with Crippen LogP contribution in [0.2, 0.25) is 0 Å². The van der Waals surface area contributed by atoms with Crippen LogP contribution in [0.25, 0.3) is 11.0 Å². The predicted molar refractivity (Wildman–Crippen MR) is 42.8 cm³/mol. The van der Waals surface area contributed by atoms with E-state index in [2.05, 4.69) is 16.5 Å². The molecule has 0 spiro atoms. The number of nitrogens with one attached hydrogen (secondary N) is 1. The first-order chi connectivity index (χ1) is 5.47. The van der Waals surface area contributed by atoms with Crippen LogP contribution in [0.4, 0.5) is 0 Å². The molecule has 0 bridgehead atoms. The summed E-state index contributed by atoms with van der Waals surface area (Å²) in [6, 6.07) is 7.94. The predicted octanol–water partition coefficient (Wildman–Crippen LogP) is 1.70. The van der Waals surface area contributed by atoms with Crippen molar-refractivity contribution in [2.24, 2.45) is 0 Å². The highest BCUT2D eigenvalue weighted by molar-refractivity contribution is 5.73. The van der Waals surface area contributed by atoms with Crippen LogP contribution in [0.15, 0.2) is 30.6 Å². The Balaban J connectivity index is 0.000000281. The number of hydrogen-bond donors (Lipinski definition) is 1. The van der Waals surface area contributed by atoms with Crippen LogP contribution >= 0.6 is 0 Å². The Morgan fingerprint density at radius 2 is 2.00 bits per heavy atom. The molecule has 2 rings (SSSR count). The number of nitriles is 1. The van der Waals surface area contributed by atoms with Gasteiger partial charge in [-0.15, -0.1) is 0 Å². The fourth-order valence-corrected chi connectivity index (χ4v) is 0.880. The summed E-state index contributed by atoms with van der Waals surface area (Å²) in [7, 11) is 0. The van der Waals surface area contributed by atoms with E-state index in [1.807, 2.05) is 24.3 Å². The van der Waals surface area contributed by atoms with Crippen LogP contribution in [-0.2, 0) is 0 Å². The number of H-pyrrole nitrogens is 1. The molecule has 1 heterocycles. The zero-order valence-corrected chi connectivity index (χ0v) is 5.86. The number of fused-ring (bicyclic) bond motifs is 1. The molecule has 0 saturated carbocycles. The van der Waals surface area contributed by atoms with E-state index in [9.17, 15) is 0 Å². The second kappa shape index (κ2) is 3.37. The van der Waals surface area contributed by atoms with Gasteiger partial charge in [-0.25, -0.2) is 10.2 Å². The van der Waals surface area contributed by atoms with Gasteiger partial charge in [0.1, 0.15) is 0 Å². The molecular formula is C8H7N3. The summed E-state index contributed by atoms with van der Waals surface area (Å²) in [5.41, 5.74) is 2.12. The number of benzene rings is 1. The van der Waals surface area contributed by atoms with Gasteiger partial charge in [0.05, 0.1) is 17.4 Å². The van der Waals surface area contributed by atoms with Crippen LogP contribution < -0.4 is 0 Å². The number of nitrogens with zero attached hydrogens (tertiary/aromatic N) is 2. The average Bonchev–Trinajstić information content (AvgIpc) is 2.55. The van der Waals surface area contributed by atoms with Gasteiger partial charge in [-0.3, -0.25) is 0 Å². The van der Waals surface area contributed by atoms with Crippen molar-refractivity contribution in [2.75, 3.05) is 0 Å². The number of para-hydroxylation sites is 2. The molecule has 0 saturated heterocycles. The van der Waals surface area contributed by atoms with E-state index in [4.69, 9.17) is 5.26 Å². The lowest BCUT2D eigenvalue weighted by atomic mass is 10.3. The molecule has 0 aliphatic heterocycles. The van der Waals surface area contributed by atoms with E-state index in [-0.39, 0.29) is 0 Å². The highest BCUT2D eigenvalue weighted by Gasteiger charge is 1.88. The van der Waals surface area contributed by atoms with E-state index in [0.29, 0.717) is 0 Å². The van der Waals surface area contributed by atoms with E-state index in [1.54, 1.807) is 6.33 Å². The molecule has 0 amide bonds. The number of rotatable bonds is 0. The summed E-state index contributed by atoms with van der Waals surface area (Å²) in [4.78, 5) is 7.07. The van der Waals surface area contributed by atoms with Gasteiger partial charge in [0, 0.05) is 6.57 Å².